The van der Waals surface area contributed by atoms with Crippen LogP contribution in [0, 0.1) is 0 Å². The van der Waals surface area contributed by atoms with E-state index in [1.165, 1.54) is 0 Å². The molecule has 0 saturated carbocycles. The van der Waals surface area contributed by atoms with Gasteiger partial charge in [-0.15, -0.1) is 0 Å². The second-order valence-electron chi connectivity index (χ2n) is 4.50. The molecule has 2 aromatic carbocycles. The number of carbonyl (C=O) groups is 1. The lowest BCUT2D eigenvalue weighted by Crippen LogP contribution is -2.12. The molecule has 0 fully saturated rings. The van der Waals surface area contributed by atoms with Gasteiger partial charge >= 0.3 is 0 Å². The number of hydrogen-bond donors (Lipinski definition) is 1. The molecule has 4 nitrogen and oxygen atoms in total. The van der Waals surface area contributed by atoms with Crippen LogP contribution in [0.4, 0.5) is 0 Å². The molecule has 0 aliphatic rings. The highest BCUT2D eigenvalue weighted by Crippen LogP contribution is 2.37. The zero-order chi connectivity index (χ0) is 16.1. The number of primary amides is 1. The zero-order valence-corrected chi connectivity index (χ0v) is 14.3. The molecule has 0 aliphatic heterocycles. The Balaban J connectivity index is 2.25. The molecule has 0 aliphatic carbocycles. The van der Waals surface area contributed by atoms with Crippen molar-refractivity contribution in [3.05, 3.63) is 57.0 Å². The van der Waals surface area contributed by atoms with Crippen LogP contribution in [0.15, 0.2) is 40.9 Å². The molecule has 22 heavy (non-hydrogen) atoms. The summed E-state index contributed by atoms with van der Waals surface area (Å²) in [4.78, 5) is 11.3. The van der Waals surface area contributed by atoms with Crippen molar-refractivity contribution >= 4 is 33.4 Å². The molecule has 0 aromatic heterocycles. The lowest BCUT2D eigenvalue weighted by molar-refractivity contribution is 0.0999. The Labute approximate surface area is 142 Å². The molecule has 0 spiro atoms. The summed E-state index contributed by atoms with van der Waals surface area (Å²) >= 11 is 9.24. The third-order valence-corrected chi connectivity index (χ3v) is 3.73. The molecule has 2 aromatic rings. The van der Waals surface area contributed by atoms with Gasteiger partial charge in [0.15, 0.2) is 11.5 Å². The molecule has 2 N–H and O–H groups in total. The molecular formula is C16H15BrClNO3. The van der Waals surface area contributed by atoms with Gasteiger partial charge in [0.2, 0.25) is 5.91 Å². The molecule has 0 unspecified atom stereocenters. The number of amides is 1. The number of nitrogens with two attached hydrogens (primary N) is 1. The van der Waals surface area contributed by atoms with Gasteiger partial charge in [-0.2, -0.15) is 0 Å². The molecule has 0 bridgehead atoms. The Morgan fingerprint density at radius 2 is 1.91 bits per heavy atom. The van der Waals surface area contributed by atoms with Crippen LogP contribution in [0.3, 0.4) is 0 Å². The van der Waals surface area contributed by atoms with Gasteiger partial charge in [-0.25, -0.2) is 0 Å². The van der Waals surface area contributed by atoms with Crippen LogP contribution in [0.1, 0.15) is 22.8 Å². The third kappa shape index (κ3) is 4.15. The van der Waals surface area contributed by atoms with Crippen LogP contribution in [0.2, 0.25) is 5.02 Å². The van der Waals surface area contributed by atoms with E-state index in [-0.39, 0.29) is 0 Å². The van der Waals surface area contributed by atoms with Crippen molar-refractivity contribution in [3.8, 4) is 11.5 Å². The Morgan fingerprint density at radius 1 is 1.23 bits per heavy atom. The lowest BCUT2D eigenvalue weighted by atomic mass is 10.2. The van der Waals surface area contributed by atoms with Crippen LogP contribution < -0.4 is 15.2 Å². The summed E-state index contributed by atoms with van der Waals surface area (Å²) in [5.41, 5.74) is 6.63. The fourth-order valence-electron chi connectivity index (χ4n) is 1.85. The minimum atomic E-state index is -0.522. The summed E-state index contributed by atoms with van der Waals surface area (Å²) in [5, 5.41) is 0.672. The lowest BCUT2D eigenvalue weighted by Gasteiger charge is -2.15. The van der Waals surface area contributed by atoms with Gasteiger partial charge in [-0.1, -0.05) is 23.7 Å². The van der Waals surface area contributed by atoms with Crippen molar-refractivity contribution in [1.29, 1.82) is 0 Å². The van der Waals surface area contributed by atoms with Gasteiger partial charge < -0.3 is 15.2 Å². The van der Waals surface area contributed by atoms with Gasteiger partial charge in [0, 0.05) is 10.6 Å². The topological polar surface area (TPSA) is 61.5 Å². The van der Waals surface area contributed by atoms with Gasteiger partial charge in [-0.3, -0.25) is 4.79 Å². The summed E-state index contributed by atoms with van der Waals surface area (Å²) in [6, 6.07) is 10.6. The monoisotopic (exact) mass is 383 g/mol. The maximum absolute atomic E-state index is 11.3. The minimum Gasteiger partial charge on any atom is -0.490 e. The van der Waals surface area contributed by atoms with E-state index in [4.69, 9.17) is 26.8 Å². The summed E-state index contributed by atoms with van der Waals surface area (Å²) < 4.78 is 12.0. The van der Waals surface area contributed by atoms with Crippen molar-refractivity contribution in [2.45, 2.75) is 13.5 Å². The molecule has 0 saturated heterocycles. The number of hydrogen-bond acceptors (Lipinski definition) is 3. The molecule has 0 radical (unpaired) electrons. The van der Waals surface area contributed by atoms with Crippen molar-refractivity contribution in [1.82, 2.24) is 0 Å². The third-order valence-electron chi connectivity index (χ3n) is 2.89. The maximum Gasteiger partial charge on any atom is 0.248 e. The first-order valence-corrected chi connectivity index (χ1v) is 7.81. The van der Waals surface area contributed by atoms with Gasteiger partial charge in [0.05, 0.1) is 11.1 Å². The van der Waals surface area contributed by atoms with E-state index in [0.717, 1.165) is 5.56 Å². The van der Waals surface area contributed by atoms with Crippen LogP contribution in [-0.2, 0) is 6.61 Å². The number of halogens is 2. The van der Waals surface area contributed by atoms with E-state index in [1.807, 2.05) is 19.1 Å². The number of benzene rings is 2. The first kappa shape index (κ1) is 16.6. The quantitative estimate of drug-likeness (QED) is 0.812. The summed E-state index contributed by atoms with van der Waals surface area (Å²) in [6.07, 6.45) is 0. The van der Waals surface area contributed by atoms with Crippen LogP contribution in [0.5, 0.6) is 11.5 Å². The van der Waals surface area contributed by atoms with E-state index >= 15 is 0 Å². The van der Waals surface area contributed by atoms with Crippen molar-refractivity contribution < 1.29 is 14.3 Å². The standard InChI is InChI=1S/C16H15BrClNO3/c1-2-21-14-8-11(16(19)20)7-13(17)15(14)22-9-10-3-5-12(18)6-4-10/h3-8H,2,9H2,1H3,(H2,19,20). The second kappa shape index (κ2) is 7.51. The molecule has 116 valence electrons. The van der Waals surface area contributed by atoms with Gasteiger partial charge in [0.1, 0.15) is 6.61 Å². The Bertz CT molecular complexity index is 674. The highest BCUT2D eigenvalue weighted by atomic mass is 79.9. The van der Waals surface area contributed by atoms with Gasteiger partial charge in [-0.05, 0) is 52.7 Å². The average molecular weight is 385 g/mol. The van der Waals surface area contributed by atoms with Crippen molar-refractivity contribution in [2.75, 3.05) is 6.61 Å². The minimum absolute atomic E-state index is 0.353. The summed E-state index contributed by atoms with van der Waals surface area (Å²) in [7, 11) is 0. The summed E-state index contributed by atoms with van der Waals surface area (Å²) in [6.45, 7) is 2.66. The smallest absolute Gasteiger partial charge is 0.248 e. The van der Waals surface area contributed by atoms with Crippen LogP contribution in [-0.4, -0.2) is 12.5 Å². The molecule has 0 heterocycles. The number of carbonyl (C=O) groups excluding carboxylic acids is 1. The summed E-state index contributed by atoms with van der Waals surface area (Å²) in [5.74, 6) is 0.479. The fraction of sp³-hybridized carbons (Fsp3) is 0.188. The number of rotatable bonds is 6. The van der Waals surface area contributed by atoms with E-state index < -0.39 is 5.91 Å². The molecular weight excluding hydrogens is 370 g/mol. The average Bonchev–Trinajstić information content (AvgIpc) is 2.48. The Kier molecular flexibility index (Phi) is 5.69. The van der Waals surface area contributed by atoms with Crippen LogP contribution >= 0.6 is 27.5 Å². The largest absolute Gasteiger partial charge is 0.490 e. The predicted octanol–water partition coefficient (Wildman–Crippen LogP) is 4.18. The van der Waals surface area contributed by atoms with E-state index in [9.17, 15) is 4.79 Å². The highest BCUT2D eigenvalue weighted by molar-refractivity contribution is 9.10. The first-order valence-electron chi connectivity index (χ1n) is 6.64. The van der Waals surface area contributed by atoms with Gasteiger partial charge in [0.25, 0.3) is 0 Å². The zero-order valence-electron chi connectivity index (χ0n) is 11.9. The maximum atomic E-state index is 11.3. The fourth-order valence-corrected chi connectivity index (χ4v) is 2.53. The highest BCUT2D eigenvalue weighted by Gasteiger charge is 2.14. The normalized spacial score (nSPS) is 10.3. The van der Waals surface area contributed by atoms with Crippen LogP contribution in [0.25, 0.3) is 0 Å². The van der Waals surface area contributed by atoms with Crippen molar-refractivity contribution in [2.24, 2.45) is 5.73 Å². The molecule has 0 atom stereocenters. The molecule has 6 heteroatoms. The Hall–Kier alpha value is -1.72. The van der Waals surface area contributed by atoms with Crippen molar-refractivity contribution in [3.63, 3.8) is 0 Å². The molecule has 2 rings (SSSR count). The first-order chi connectivity index (χ1) is 10.5. The van der Waals surface area contributed by atoms with E-state index in [2.05, 4.69) is 15.9 Å². The second-order valence-corrected chi connectivity index (χ2v) is 5.79. The Morgan fingerprint density at radius 3 is 2.50 bits per heavy atom. The molecule has 1 amide bonds. The van der Waals surface area contributed by atoms with E-state index in [1.54, 1.807) is 24.3 Å². The number of ether oxygens (including phenoxy) is 2. The van der Waals surface area contributed by atoms with E-state index in [0.29, 0.717) is 39.8 Å². The predicted molar refractivity (Wildman–Crippen MR) is 89.6 cm³/mol. The SMILES string of the molecule is CCOc1cc(C(N)=O)cc(Br)c1OCc1ccc(Cl)cc1.